The van der Waals surface area contributed by atoms with E-state index in [2.05, 4.69) is 5.32 Å². The van der Waals surface area contributed by atoms with Gasteiger partial charge in [-0.05, 0) is 30.3 Å². The van der Waals surface area contributed by atoms with Crippen molar-refractivity contribution in [2.45, 2.75) is 4.90 Å². The molecule has 2 aromatic rings. The highest BCUT2D eigenvalue weighted by molar-refractivity contribution is 7.89. The number of carbonyl (C=O) groups excluding carboxylic acids is 1. The number of halogens is 2. The molecule has 110 valence electrons. The Morgan fingerprint density at radius 1 is 1.05 bits per heavy atom. The lowest BCUT2D eigenvalue weighted by molar-refractivity contribution is 0.102. The topological polar surface area (TPSA) is 89.3 Å². The molecule has 0 radical (unpaired) electrons. The first-order valence-corrected chi connectivity index (χ1v) is 7.97. The molecule has 3 N–H and O–H groups in total. The van der Waals surface area contributed by atoms with Crippen molar-refractivity contribution in [1.82, 2.24) is 0 Å². The summed E-state index contributed by atoms with van der Waals surface area (Å²) in [6, 6.07) is 10.3. The van der Waals surface area contributed by atoms with Gasteiger partial charge >= 0.3 is 0 Å². The summed E-state index contributed by atoms with van der Waals surface area (Å²) in [4.78, 5) is 11.9. The van der Waals surface area contributed by atoms with Gasteiger partial charge in [0.15, 0.2) is 0 Å². The molecule has 0 saturated carbocycles. The molecule has 21 heavy (non-hydrogen) atoms. The van der Waals surface area contributed by atoms with Crippen LogP contribution in [0.2, 0.25) is 10.0 Å². The van der Waals surface area contributed by atoms with Crippen LogP contribution in [0.25, 0.3) is 0 Å². The molecule has 0 aliphatic carbocycles. The Hall–Kier alpha value is -1.60. The molecule has 0 aliphatic rings. The Kier molecular flexibility index (Phi) is 4.53. The molecular formula is C13H10Cl2N2O3S. The van der Waals surface area contributed by atoms with E-state index in [4.69, 9.17) is 28.3 Å². The Morgan fingerprint density at radius 3 is 2.29 bits per heavy atom. The van der Waals surface area contributed by atoms with E-state index in [1.165, 1.54) is 18.2 Å². The Morgan fingerprint density at radius 2 is 1.71 bits per heavy atom. The molecule has 8 heteroatoms. The maximum absolute atomic E-state index is 12.1. The molecule has 5 nitrogen and oxygen atoms in total. The van der Waals surface area contributed by atoms with Gasteiger partial charge in [-0.15, -0.1) is 0 Å². The summed E-state index contributed by atoms with van der Waals surface area (Å²) < 4.78 is 22.4. The largest absolute Gasteiger partial charge is 0.321 e. The number of carbonyl (C=O) groups is 1. The fourth-order valence-electron chi connectivity index (χ4n) is 1.61. The first kappa shape index (κ1) is 15.8. The van der Waals surface area contributed by atoms with Crippen LogP contribution >= 0.6 is 23.2 Å². The van der Waals surface area contributed by atoms with Gasteiger partial charge in [0.1, 0.15) is 0 Å². The minimum Gasteiger partial charge on any atom is -0.321 e. The maximum Gasteiger partial charge on any atom is 0.257 e. The number of benzene rings is 2. The third-order valence-electron chi connectivity index (χ3n) is 2.64. The predicted octanol–water partition coefficient (Wildman–Crippen LogP) is 2.89. The maximum atomic E-state index is 12.1. The average Bonchev–Trinajstić information content (AvgIpc) is 2.40. The van der Waals surface area contributed by atoms with Crippen LogP contribution in [0.4, 0.5) is 5.69 Å². The second kappa shape index (κ2) is 6.03. The normalized spacial score (nSPS) is 11.2. The van der Waals surface area contributed by atoms with Crippen molar-refractivity contribution in [2.75, 3.05) is 5.32 Å². The Labute approximate surface area is 131 Å². The van der Waals surface area contributed by atoms with Crippen molar-refractivity contribution in [2.24, 2.45) is 5.14 Å². The fraction of sp³-hybridized carbons (Fsp3) is 0. The van der Waals surface area contributed by atoms with Gasteiger partial charge in [-0.25, -0.2) is 13.6 Å². The van der Waals surface area contributed by atoms with Crippen LogP contribution in [-0.4, -0.2) is 14.3 Å². The van der Waals surface area contributed by atoms with Crippen LogP contribution in [0.5, 0.6) is 0 Å². The first-order chi connectivity index (χ1) is 9.79. The van der Waals surface area contributed by atoms with Gasteiger partial charge in [0.05, 0.1) is 26.2 Å². The van der Waals surface area contributed by atoms with E-state index < -0.39 is 15.9 Å². The Bertz CT molecular complexity index is 807. The SMILES string of the molecule is NS(=O)(=O)c1ccc(NC(=O)c2ccccc2Cl)c(Cl)c1. The van der Waals surface area contributed by atoms with Crippen molar-refractivity contribution in [3.05, 3.63) is 58.1 Å². The van der Waals surface area contributed by atoms with E-state index in [1.54, 1.807) is 24.3 Å². The first-order valence-electron chi connectivity index (χ1n) is 5.67. The molecular weight excluding hydrogens is 335 g/mol. The zero-order valence-corrected chi connectivity index (χ0v) is 12.8. The van der Waals surface area contributed by atoms with Crippen LogP contribution < -0.4 is 10.5 Å². The highest BCUT2D eigenvalue weighted by Crippen LogP contribution is 2.26. The summed E-state index contributed by atoms with van der Waals surface area (Å²) in [5, 5.41) is 7.91. The standard InChI is InChI=1S/C13H10Cl2N2O3S/c14-10-4-2-1-3-9(10)13(18)17-12-6-5-8(7-11(12)15)21(16,19)20/h1-7H,(H,17,18)(H2,16,19,20). The minimum absolute atomic E-state index is 0.0573. The summed E-state index contributed by atoms with van der Waals surface area (Å²) in [5.41, 5.74) is 0.541. The molecule has 0 aliphatic heterocycles. The molecule has 0 unspecified atom stereocenters. The quantitative estimate of drug-likeness (QED) is 0.896. The molecule has 0 aromatic heterocycles. The number of anilines is 1. The zero-order valence-electron chi connectivity index (χ0n) is 10.5. The zero-order chi connectivity index (χ0) is 15.6. The van der Waals surface area contributed by atoms with Crippen LogP contribution in [0.3, 0.4) is 0 Å². The predicted molar refractivity (Wildman–Crippen MR) is 82.2 cm³/mol. The van der Waals surface area contributed by atoms with Crippen molar-refractivity contribution < 1.29 is 13.2 Å². The molecule has 2 aromatic carbocycles. The highest BCUT2D eigenvalue weighted by atomic mass is 35.5. The summed E-state index contributed by atoms with van der Waals surface area (Å²) in [5.74, 6) is -0.453. The monoisotopic (exact) mass is 344 g/mol. The number of hydrogen-bond acceptors (Lipinski definition) is 3. The van der Waals surface area contributed by atoms with E-state index in [-0.39, 0.29) is 21.2 Å². The molecule has 0 saturated heterocycles. The average molecular weight is 345 g/mol. The van der Waals surface area contributed by atoms with E-state index in [0.29, 0.717) is 5.02 Å². The van der Waals surface area contributed by atoms with Gasteiger partial charge < -0.3 is 5.32 Å². The van der Waals surface area contributed by atoms with Crippen LogP contribution in [0, 0.1) is 0 Å². The number of rotatable bonds is 3. The molecule has 0 atom stereocenters. The van der Waals surface area contributed by atoms with Crippen molar-refractivity contribution in [3.8, 4) is 0 Å². The second-order valence-electron chi connectivity index (χ2n) is 4.12. The van der Waals surface area contributed by atoms with Crippen molar-refractivity contribution >= 4 is 44.8 Å². The minimum atomic E-state index is -3.85. The number of primary sulfonamides is 1. The lowest BCUT2D eigenvalue weighted by Crippen LogP contribution is -2.14. The van der Waals surface area contributed by atoms with Crippen LogP contribution in [-0.2, 0) is 10.0 Å². The van der Waals surface area contributed by atoms with E-state index in [1.807, 2.05) is 0 Å². The molecule has 0 heterocycles. The number of hydrogen-bond donors (Lipinski definition) is 2. The summed E-state index contributed by atoms with van der Waals surface area (Å²) in [6.45, 7) is 0. The molecule has 0 bridgehead atoms. The fourth-order valence-corrected chi connectivity index (χ4v) is 2.66. The molecule has 0 fully saturated rings. The van der Waals surface area contributed by atoms with Gasteiger partial charge in [-0.3, -0.25) is 4.79 Å². The summed E-state index contributed by atoms with van der Waals surface area (Å²) in [6.07, 6.45) is 0. The van der Waals surface area contributed by atoms with Gasteiger partial charge in [0.2, 0.25) is 10.0 Å². The second-order valence-corrected chi connectivity index (χ2v) is 6.50. The third-order valence-corrected chi connectivity index (χ3v) is 4.19. The van der Waals surface area contributed by atoms with E-state index >= 15 is 0 Å². The smallest absolute Gasteiger partial charge is 0.257 e. The lowest BCUT2D eigenvalue weighted by atomic mass is 10.2. The van der Waals surface area contributed by atoms with Gasteiger partial charge in [0, 0.05) is 0 Å². The van der Waals surface area contributed by atoms with Crippen molar-refractivity contribution in [3.63, 3.8) is 0 Å². The molecule has 2 rings (SSSR count). The number of nitrogens with two attached hydrogens (primary N) is 1. The lowest BCUT2D eigenvalue weighted by Gasteiger charge is -2.09. The van der Waals surface area contributed by atoms with Gasteiger partial charge in [-0.1, -0.05) is 35.3 Å². The Balaban J connectivity index is 2.29. The van der Waals surface area contributed by atoms with Crippen LogP contribution in [0.15, 0.2) is 47.4 Å². The van der Waals surface area contributed by atoms with Gasteiger partial charge in [-0.2, -0.15) is 0 Å². The van der Waals surface area contributed by atoms with Crippen molar-refractivity contribution in [1.29, 1.82) is 0 Å². The summed E-state index contributed by atoms with van der Waals surface area (Å²) >= 11 is 11.9. The van der Waals surface area contributed by atoms with Crippen LogP contribution in [0.1, 0.15) is 10.4 Å². The van der Waals surface area contributed by atoms with Gasteiger partial charge in [0.25, 0.3) is 5.91 Å². The third kappa shape index (κ3) is 3.74. The highest BCUT2D eigenvalue weighted by Gasteiger charge is 2.14. The molecule has 0 spiro atoms. The number of nitrogens with one attached hydrogen (secondary N) is 1. The summed E-state index contributed by atoms with van der Waals surface area (Å²) in [7, 11) is -3.85. The molecule has 1 amide bonds. The van der Waals surface area contributed by atoms with E-state index in [0.717, 1.165) is 0 Å². The number of amides is 1. The van der Waals surface area contributed by atoms with E-state index in [9.17, 15) is 13.2 Å². The number of sulfonamides is 1.